The van der Waals surface area contributed by atoms with E-state index in [1.165, 1.54) is 0 Å². The summed E-state index contributed by atoms with van der Waals surface area (Å²) in [5.41, 5.74) is 1.09. The zero-order chi connectivity index (χ0) is 15.7. The Morgan fingerprint density at radius 2 is 2.24 bits per heavy atom. The molecule has 0 aliphatic rings. The normalized spacial score (nSPS) is 12.1. The van der Waals surface area contributed by atoms with Crippen molar-refractivity contribution in [3.05, 3.63) is 28.2 Å². The minimum Gasteiger partial charge on any atom is -0.479 e. The van der Waals surface area contributed by atoms with E-state index < -0.39 is 12.1 Å². The summed E-state index contributed by atoms with van der Waals surface area (Å²) in [7, 11) is 1.67. The van der Waals surface area contributed by atoms with Crippen LogP contribution in [0.25, 0.3) is 0 Å². The molecular formula is C15H22BrNO4. The maximum Gasteiger partial charge on any atom is 0.344 e. The molecule has 0 radical (unpaired) electrons. The number of hydrogen-bond donors (Lipinski definition) is 2. The summed E-state index contributed by atoms with van der Waals surface area (Å²) in [5.74, 6) is -0.384. The lowest BCUT2D eigenvalue weighted by atomic mass is 10.2. The first-order chi connectivity index (χ1) is 10.1. The van der Waals surface area contributed by atoms with Gasteiger partial charge < -0.3 is 19.9 Å². The van der Waals surface area contributed by atoms with E-state index in [2.05, 4.69) is 21.2 Å². The maximum atomic E-state index is 11.1. The van der Waals surface area contributed by atoms with Crippen molar-refractivity contribution in [3.63, 3.8) is 0 Å². The first kappa shape index (κ1) is 17.9. The quantitative estimate of drug-likeness (QED) is 0.628. The smallest absolute Gasteiger partial charge is 0.344 e. The number of carboxylic acid groups (broad SMARTS) is 1. The molecule has 1 aromatic rings. The van der Waals surface area contributed by atoms with Gasteiger partial charge in [0.2, 0.25) is 0 Å². The van der Waals surface area contributed by atoms with Gasteiger partial charge in [0.05, 0.1) is 11.1 Å². The van der Waals surface area contributed by atoms with Gasteiger partial charge in [0.1, 0.15) is 5.75 Å². The lowest BCUT2D eigenvalue weighted by Crippen LogP contribution is -2.26. The van der Waals surface area contributed by atoms with E-state index in [0.717, 1.165) is 29.5 Å². The number of carboxylic acids is 1. The largest absolute Gasteiger partial charge is 0.479 e. The van der Waals surface area contributed by atoms with Crippen LogP contribution in [0.4, 0.5) is 0 Å². The molecule has 0 aliphatic carbocycles. The minimum absolute atomic E-state index is 0.488. The van der Waals surface area contributed by atoms with Gasteiger partial charge in [0.15, 0.2) is 6.10 Å². The van der Waals surface area contributed by atoms with Crippen molar-refractivity contribution < 1.29 is 19.4 Å². The van der Waals surface area contributed by atoms with E-state index in [0.29, 0.717) is 18.8 Å². The van der Waals surface area contributed by atoms with E-state index in [4.69, 9.17) is 14.6 Å². The summed E-state index contributed by atoms with van der Waals surface area (Å²) in [4.78, 5) is 11.1. The molecular weight excluding hydrogens is 338 g/mol. The highest BCUT2D eigenvalue weighted by atomic mass is 79.9. The summed E-state index contributed by atoms with van der Waals surface area (Å²) in [6.45, 7) is 4.10. The average Bonchev–Trinajstić information content (AvgIpc) is 2.45. The summed E-state index contributed by atoms with van der Waals surface area (Å²) in [6, 6.07) is 5.65. The van der Waals surface area contributed by atoms with Crippen LogP contribution in [0.15, 0.2) is 22.7 Å². The fourth-order valence-corrected chi connectivity index (χ4v) is 2.32. The molecule has 0 bridgehead atoms. The van der Waals surface area contributed by atoms with Crippen molar-refractivity contribution in [3.8, 4) is 5.75 Å². The Morgan fingerprint density at radius 3 is 2.81 bits per heavy atom. The number of rotatable bonds is 10. The van der Waals surface area contributed by atoms with Crippen molar-refractivity contribution in [2.45, 2.75) is 32.4 Å². The molecule has 5 nitrogen and oxygen atoms in total. The Balaban J connectivity index is 2.62. The zero-order valence-electron chi connectivity index (χ0n) is 12.4. The van der Waals surface area contributed by atoms with Gasteiger partial charge in [-0.1, -0.05) is 19.4 Å². The minimum atomic E-state index is -0.936. The highest BCUT2D eigenvalue weighted by Crippen LogP contribution is 2.27. The lowest BCUT2D eigenvalue weighted by Gasteiger charge is -2.16. The lowest BCUT2D eigenvalue weighted by molar-refractivity contribution is -0.145. The van der Waals surface area contributed by atoms with Gasteiger partial charge in [-0.3, -0.25) is 0 Å². The van der Waals surface area contributed by atoms with Gasteiger partial charge in [0, 0.05) is 20.2 Å². The van der Waals surface area contributed by atoms with Gasteiger partial charge in [-0.2, -0.15) is 0 Å². The number of carbonyl (C=O) groups is 1. The van der Waals surface area contributed by atoms with E-state index in [-0.39, 0.29) is 0 Å². The molecule has 21 heavy (non-hydrogen) atoms. The highest BCUT2D eigenvalue weighted by molar-refractivity contribution is 9.10. The second-order valence-corrected chi connectivity index (χ2v) is 5.52. The number of ether oxygens (including phenoxy) is 2. The molecule has 1 atom stereocenters. The van der Waals surface area contributed by atoms with Crippen molar-refractivity contribution in [2.75, 3.05) is 20.3 Å². The predicted molar refractivity (Wildman–Crippen MR) is 84.7 cm³/mol. The molecule has 0 amide bonds. The summed E-state index contributed by atoms with van der Waals surface area (Å²) in [5, 5.41) is 12.4. The molecule has 0 fully saturated rings. The molecule has 1 unspecified atom stereocenters. The Hall–Kier alpha value is -1.11. The third-order valence-corrected chi connectivity index (χ3v) is 3.52. The number of methoxy groups -OCH3 is 1. The van der Waals surface area contributed by atoms with Crippen LogP contribution in [0.5, 0.6) is 5.75 Å². The second-order valence-electron chi connectivity index (χ2n) is 4.67. The molecule has 2 N–H and O–H groups in total. The summed E-state index contributed by atoms with van der Waals surface area (Å²) in [6.07, 6.45) is 0.440. The van der Waals surface area contributed by atoms with Crippen LogP contribution in [0, 0.1) is 0 Å². The number of halogens is 1. The number of aliphatic carboxylic acids is 1. The molecule has 1 rings (SSSR count). The van der Waals surface area contributed by atoms with Gasteiger partial charge in [0.25, 0.3) is 0 Å². The Bertz CT molecular complexity index is 453. The standard InChI is InChI=1S/C15H22BrNO4/c1-3-4-14(15(18)19)21-13-6-5-11(9-12(13)16)10-17-7-8-20-2/h5-6,9,14,17H,3-4,7-8,10H2,1-2H3,(H,18,19). The average molecular weight is 360 g/mol. The third kappa shape index (κ3) is 6.46. The van der Waals surface area contributed by atoms with Gasteiger partial charge in [-0.25, -0.2) is 4.79 Å². The summed E-state index contributed by atoms with van der Waals surface area (Å²) >= 11 is 3.43. The third-order valence-electron chi connectivity index (χ3n) is 2.90. The molecule has 0 spiro atoms. The molecule has 6 heteroatoms. The Labute approximate surface area is 133 Å². The van der Waals surface area contributed by atoms with Crippen LogP contribution in [0.2, 0.25) is 0 Å². The van der Waals surface area contributed by atoms with E-state index in [1.807, 2.05) is 19.1 Å². The maximum absolute atomic E-state index is 11.1. The van der Waals surface area contributed by atoms with Crippen LogP contribution < -0.4 is 10.1 Å². The SMILES string of the molecule is CCCC(Oc1ccc(CNCCOC)cc1Br)C(=O)O. The first-order valence-electron chi connectivity index (χ1n) is 6.96. The first-order valence-corrected chi connectivity index (χ1v) is 7.75. The van der Waals surface area contributed by atoms with Crippen LogP contribution in [-0.4, -0.2) is 37.4 Å². The number of benzene rings is 1. The van der Waals surface area contributed by atoms with Crippen LogP contribution in [-0.2, 0) is 16.1 Å². The van der Waals surface area contributed by atoms with Crippen molar-refractivity contribution in [1.82, 2.24) is 5.32 Å². The van der Waals surface area contributed by atoms with E-state index >= 15 is 0 Å². The predicted octanol–water partition coefficient (Wildman–Crippen LogP) is 2.82. The fraction of sp³-hybridized carbons (Fsp3) is 0.533. The molecule has 1 aromatic carbocycles. The van der Waals surface area contributed by atoms with E-state index in [9.17, 15) is 4.79 Å². The van der Waals surface area contributed by atoms with Gasteiger partial charge in [-0.15, -0.1) is 0 Å². The second kappa shape index (κ2) is 9.76. The Kier molecular flexibility index (Phi) is 8.34. The topological polar surface area (TPSA) is 67.8 Å². The molecule has 0 saturated carbocycles. The fourth-order valence-electron chi connectivity index (χ4n) is 1.81. The highest BCUT2D eigenvalue weighted by Gasteiger charge is 2.19. The zero-order valence-corrected chi connectivity index (χ0v) is 14.0. The summed E-state index contributed by atoms with van der Waals surface area (Å²) < 4.78 is 11.3. The molecule has 0 heterocycles. The Morgan fingerprint density at radius 1 is 1.48 bits per heavy atom. The van der Waals surface area contributed by atoms with Crippen LogP contribution in [0.1, 0.15) is 25.3 Å². The number of hydrogen-bond acceptors (Lipinski definition) is 4. The van der Waals surface area contributed by atoms with E-state index in [1.54, 1.807) is 13.2 Å². The number of nitrogens with one attached hydrogen (secondary N) is 1. The van der Waals surface area contributed by atoms with Crippen LogP contribution in [0.3, 0.4) is 0 Å². The van der Waals surface area contributed by atoms with Gasteiger partial charge >= 0.3 is 5.97 Å². The van der Waals surface area contributed by atoms with Crippen molar-refractivity contribution >= 4 is 21.9 Å². The molecule has 118 valence electrons. The van der Waals surface area contributed by atoms with Gasteiger partial charge in [-0.05, 0) is 40.0 Å². The molecule has 0 aromatic heterocycles. The van der Waals surface area contributed by atoms with Crippen LogP contribution >= 0.6 is 15.9 Å². The monoisotopic (exact) mass is 359 g/mol. The van der Waals surface area contributed by atoms with Crippen molar-refractivity contribution in [2.24, 2.45) is 0 Å². The molecule has 0 saturated heterocycles. The van der Waals surface area contributed by atoms with Crippen molar-refractivity contribution in [1.29, 1.82) is 0 Å². The molecule has 0 aliphatic heterocycles.